The van der Waals surface area contributed by atoms with Crippen LogP contribution >= 0.6 is 0 Å². The largest absolute Gasteiger partial charge is 0.462 e. The Labute approximate surface area is 480 Å². The normalized spacial score (nSPS) is 13.1. The lowest BCUT2D eigenvalue weighted by molar-refractivity contribution is -0.167. The molecule has 0 N–H and O–H groups in total. The molecule has 0 aliphatic rings. The zero-order valence-electron chi connectivity index (χ0n) is 50.4. The van der Waals surface area contributed by atoms with Gasteiger partial charge >= 0.3 is 17.9 Å². The van der Waals surface area contributed by atoms with Crippen LogP contribution in [0, 0.1) is 0 Å². The van der Waals surface area contributed by atoms with Crippen molar-refractivity contribution in [3.05, 3.63) is 146 Å². The van der Waals surface area contributed by atoms with Crippen LogP contribution in [0.25, 0.3) is 0 Å². The van der Waals surface area contributed by atoms with Crippen molar-refractivity contribution in [2.75, 3.05) is 13.2 Å². The third kappa shape index (κ3) is 62.1. The molecular weight excluding hydrogens is 961 g/mol. The zero-order chi connectivity index (χ0) is 56.4. The first-order valence-electron chi connectivity index (χ1n) is 31.8. The molecule has 0 radical (unpaired) electrons. The van der Waals surface area contributed by atoms with E-state index in [1.165, 1.54) is 57.8 Å². The Hall–Kier alpha value is -4.71. The molecular formula is C72H116O6. The maximum Gasteiger partial charge on any atom is 0.306 e. The quantitative estimate of drug-likeness (QED) is 0.0261. The molecule has 0 aliphatic heterocycles. The Kier molecular flexibility index (Phi) is 60.9. The van der Waals surface area contributed by atoms with E-state index in [4.69, 9.17) is 14.2 Å². The van der Waals surface area contributed by atoms with E-state index in [-0.39, 0.29) is 31.1 Å². The molecule has 1 atom stereocenters. The Balaban J connectivity index is 4.42. The first-order valence-corrected chi connectivity index (χ1v) is 31.8. The topological polar surface area (TPSA) is 78.9 Å². The van der Waals surface area contributed by atoms with Crippen molar-refractivity contribution in [1.82, 2.24) is 0 Å². The van der Waals surface area contributed by atoms with Crippen molar-refractivity contribution in [3.8, 4) is 0 Å². The number of esters is 3. The van der Waals surface area contributed by atoms with Crippen molar-refractivity contribution >= 4 is 17.9 Å². The average Bonchev–Trinajstić information content (AvgIpc) is 3.44. The molecule has 78 heavy (non-hydrogen) atoms. The highest BCUT2D eigenvalue weighted by molar-refractivity contribution is 5.71. The highest BCUT2D eigenvalue weighted by atomic mass is 16.6. The SMILES string of the molecule is CC/C=C\C/C=C\C/C=C\C/C=C\C/C=C\C/C=C\C/C=C\CCCCCCCC(=O)OCC(COC(=O)CCCCCCCCCCCCCC)OC(=O)CCCCCCC/C=C\C/C=C\C/C=C\C/C=C\C/C=C\CC. The van der Waals surface area contributed by atoms with Gasteiger partial charge in [0, 0.05) is 19.3 Å². The first-order chi connectivity index (χ1) is 38.5. The third-order valence-electron chi connectivity index (χ3n) is 13.1. The van der Waals surface area contributed by atoms with Gasteiger partial charge in [-0.15, -0.1) is 0 Å². The molecule has 0 aromatic heterocycles. The highest BCUT2D eigenvalue weighted by Crippen LogP contribution is 2.15. The second-order valence-corrected chi connectivity index (χ2v) is 20.6. The van der Waals surface area contributed by atoms with Crippen molar-refractivity contribution < 1.29 is 28.6 Å². The van der Waals surface area contributed by atoms with E-state index in [9.17, 15) is 14.4 Å². The Morgan fingerprint density at radius 3 is 0.782 bits per heavy atom. The molecule has 0 aliphatic carbocycles. The van der Waals surface area contributed by atoms with E-state index in [1.807, 2.05) is 0 Å². The third-order valence-corrected chi connectivity index (χ3v) is 13.1. The fourth-order valence-corrected chi connectivity index (χ4v) is 8.39. The van der Waals surface area contributed by atoms with Gasteiger partial charge in [0.15, 0.2) is 6.10 Å². The number of carbonyl (C=O) groups excluding carboxylic acids is 3. The number of hydrogen-bond donors (Lipinski definition) is 0. The van der Waals surface area contributed by atoms with Crippen LogP contribution < -0.4 is 0 Å². The number of ether oxygens (including phenoxy) is 3. The van der Waals surface area contributed by atoms with Gasteiger partial charge in [-0.25, -0.2) is 0 Å². The minimum absolute atomic E-state index is 0.0955. The summed E-state index contributed by atoms with van der Waals surface area (Å²) in [6.07, 6.45) is 92.7. The number of carbonyl (C=O) groups is 3. The fraction of sp³-hybridized carbons (Fsp3) is 0.625. The van der Waals surface area contributed by atoms with Crippen LogP contribution in [0.5, 0.6) is 0 Å². The Bertz CT molecular complexity index is 1710. The molecule has 0 amide bonds. The minimum atomic E-state index is -0.803. The number of unbranched alkanes of at least 4 members (excludes halogenated alkanes) is 21. The monoisotopic (exact) mass is 1080 g/mol. The molecule has 0 bridgehead atoms. The lowest BCUT2D eigenvalue weighted by atomic mass is 10.0. The molecule has 0 aromatic carbocycles. The van der Waals surface area contributed by atoms with Gasteiger partial charge in [-0.05, 0) is 122 Å². The summed E-state index contributed by atoms with van der Waals surface area (Å²) in [4.78, 5) is 38.3. The van der Waals surface area contributed by atoms with Gasteiger partial charge in [-0.2, -0.15) is 0 Å². The van der Waals surface area contributed by atoms with E-state index in [1.54, 1.807) is 0 Å². The summed E-state index contributed by atoms with van der Waals surface area (Å²) in [5.41, 5.74) is 0. The molecule has 1 unspecified atom stereocenters. The Morgan fingerprint density at radius 1 is 0.269 bits per heavy atom. The maximum absolute atomic E-state index is 12.9. The highest BCUT2D eigenvalue weighted by Gasteiger charge is 2.19. The molecule has 0 spiro atoms. The van der Waals surface area contributed by atoms with Crippen molar-refractivity contribution in [2.24, 2.45) is 0 Å². The summed E-state index contributed by atoms with van der Waals surface area (Å²) in [5.74, 6) is -0.935. The predicted molar refractivity (Wildman–Crippen MR) is 339 cm³/mol. The number of rotatable bonds is 56. The van der Waals surface area contributed by atoms with Gasteiger partial charge in [0.1, 0.15) is 13.2 Å². The minimum Gasteiger partial charge on any atom is -0.462 e. The van der Waals surface area contributed by atoms with E-state index < -0.39 is 6.10 Å². The smallest absolute Gasteiger partial charge is 0.306 e. The van der Waals surface area contributed by atoms with Crippen molar-refractivity contribution in [2.45, 2.75) is 277 Å². The second-order valence-electron chi connectivity index (χ2n) is 20.6. The zero-order valence-corrected chi connectivity index (χ0v) is 50.4. The Morgan fingerprint density at radius 2 is 0.500 bits per heavy atom. The molecule has 0 saturated heterocycles. The number of allylic oxidation sites excluding steroid dienone is 24. The van der Waals surface area contributed by atoms with Crippen LogP contribution in [0.4, 0.5) is 0 Å². The number of hydrogen-bond acceptors (Lipinski definition) is 6. The lowest BCUT2D eigenvalue weighted by Gasteiger charge is -2.18. The molecule has 0 rings (SSSR count). The molecule has 0 fully saturated rings. The van der Waals surface area contributed by atoms with Crippen LogP contribution in [-0.4, -0.2) is 37.2 Å². The van der Waals surface area contributed by atoms with Gasteiger partial charge in [0.2, 0.25) is 0 Å². The van der Waals surface area contributed by atoms with Gasteiger partial charge in [-0.3, -0.25) is 14.4 Å². The summed E-state index contributed by atoms with van der Waals surface area (Å²) in [5, 5.41) is 0. The van der Waals surface area contributed by atoms with E-state index in [0.717, 1.165) is 173 Å². The fourth-order valence-electron chi connectivity index (χ4n) is 8.39. The second kappa shape index (κ2) is 64.8. The van der Waals surface area contributed by atoms with Gasteiger partial charge < -0.3 is 14.2 Å². The van der Waals surface area contributed by atoms with Crippen LogP contribution in [0.3, 0.4) is 0 Å². The lowest BCUT2D eigenvalue weighted by Crippen LogP contribution is -2.30. The molecule has 440 valence electrons. The van der Waals surface area contributed by atoms with E-state index in [2.05, 4.69) is 167 Å². The molecule has 0 saturated carbocycles. The van der Waals surface area contributed by atoms with E-state index in [0.29, 0.717) is 19.3 Å². The standard InChI is InChI=1S/C72H116O6/c1-4-7-10-13-16-19-22-25-27-29-31-33-34-35-36-37-38-40-41-43-45-47-50-53-56-59-62-65-71(74)77-68-69(67-76-70(73)64-61-58-55-52-49-24-21-18-15-12-9-6-3)78-72(75)66-63-60-57-54-51-48-46-44-42-39-32-30-28-26-23-20-17-14-11-8-5-2/h7-8,10-11,16-17,19-20,25-28,31-33,35-36,38-40,43-46,69H,4-6,9,12-15,18,21-24,29-30,34,37,41-42,47-68H2,1-3H3/b10-7-,11-8-,19-16-,20-17-,27-25-,28-26-,33-31-,36-35-,39-32-,40-38-,45-43-,46-44-. The summed E-state index contributed by atoms with van der Waals surface area (Å²) < 4.78 is 16.9. The maximum atomic E-state index is 12.9. The molecule has 6 heteroatoms. The molecule has 0 heterocycles. The summed E-state index contributed by atoms with van der Waals surface area (Å²) >= 11 is 0. The van der Waals surface area contributed by atoms with E-state index >= 15 is 0 Å². The summed E-state index contributed by atoms with van der Waals surface area (Å²) in [6.45, 7) is 6.38. The summed E-state index contributed by atoms with van der Waals surface area (Å²) in [7, 11) is 0. The van der Waals surface area contributed by atoms with Gasteiger partial charge in [-0.1, -0.05) is 276 Å². The molecule has 6 nitrogen and oxygen atoms in total. The molecule has 0 aromatic rings. The van der Waals surface area contributed by atoms with Crippen LogP contribution in [0.2, 0.25) is 0 Å². The summed E-state index contributed by atoms with van der Waals surface area (Å²) in [6, 6.07) is 0. The van der Waals surface area contributed by atoms with Gasteiger partial charge in [0.05, 0.1) is 0 Å². The van der Waals surface area contributed by atoms with Crippen LogP contribution in [-0.2, 0) is 28.6 Å². The van der Waals surface area contributed by atoms with Crippen LogP contribution in [0.15, 0.2) is 146 Å². The van der Waals surface area contributed by atoms with Crippen molar-refractivity contribution in [1.29, 1.82) is 0 Å². The first kappa shape index (κ1) is 73.3. The van der Waals surface area contributed by atoms with Crippen molar-refractivity contribution in [3.63, 3.8) is 0 Å². The van der Waals surface area contributed by atoms with Gasteiger partial charge in [0.25, 0.3) is 0 Å². The average molecular weight is 1080 g/mol. The van der Waals surface area contributed by atoms with Crippen LogP contribution in [0.1, 0.15) is 271 Å². The predicted octanol–water partition coefficient (Wildman–Crippen LogP) is 21.9.